The molecule has 0 radical (unpaired) electrons. The van der Waals surface area contributed by atoms with E-state index in [9.17, 15) is 13.2 Å². The summed E-state index contributed by atoms with van der Waals surface area (Å²) in [6, 6.07) is 9.28. The van der Waals surface area contributed by atoms with Gasteiger partial charge in [-0.1, -0.05) is 41.9 Å². The van der Waals surface area contributed by atoms with Gasteiger partial charge in [-0.3, -0.25) is 4.79 Å². The van der Waals surface area contributed by atoms with Crippen molar-refractivity contribution in [3.05, 3.63) is 46.4 Å². The van der Waals surface area contributed by atoms with Crippen molar-refractivity contribution in [2.75, 3.05) is 16.8 Å². The lowest BCUT2D eigenvalue weighted by Gasteiger charge is -2.06. The smallest absolute Gasteiger partial charge is 0.257 e. The number of halogens is 2. The Morgan fingerprint density at radius 2 is 2.00 bits per heavy atom. The van der Waals surface area contributed by atoms with Crippen LogP contribution in [0.15, 0.2) is 50.9 Å². The van der Waals surface area contributed by atoms with Crippen molar-refractivity contribution < 1.29 is 17.6 Å². The Morgan fingerprint density at radius 1 is 1.22 bits per heavy atom. The van der Waals surface area contributed by atoms with E-state index >= 15 is 0 Å². The number of carbonyl (C=O) groups is 1. The Labute approximate surface area is 170 Å². The standard InChI is InChI=1S/C17H14Cl2N2O4S2/c1-2-27(23,24)11-4-6-15-14(8-11)21-17(25-15)26-9-16(22)20-13-7-10(18)3-5-12(13)19/h3-8H,2,9H2,1H3,(H,20,22). The second-order valence-corrected chi connectivity index (χ2v) is 9.52. The van der Waals surface area contributed by atoms with Crippen LogP contribution in [0.2, 0.25) is 10.0 Å². The monoisotopic (exact) mass is 444 g/mol. The number of anilines is 1. The molecule has 0 saturated carbocycles. The highest BCUT2D eigenvalue weighted by molar-refractivity contribution is 7.99. The van der Waals surface area contributed by atoms with Crippen molar-refractivity contribution in [3.63, 3.8) is 0 Å². The summed E-state index contributed by atoms with van der Waals surface area (Å²) >= 11 is 13.0. The van der Waals surface area contributed by atoms with Gasteiger partial charge in [-0.15, -0.1) is 0 Å². The molecule has 27 heavy (non-hydrogen) atoms. The number of rotatable bonds is 6. The van der Waals surface area contributed by atoms with Gasteiger partial charge in [0.1, 0.15) is 5.52 Å². The third-order valence-corrected chi connectivity index (χ3v) is 6.73. The highest BCUT2D eigenvalue weighted by atomic mass is 35.5. The predicted octanol–water partition coefficient (Wildman–Crippen LogP) is 4.66. The maximum Gasteiger partial charge on any atom is 0.257 e. The minimum Gasteiger partial charge on any atom is -0.431 e. The number of hydrogen-bond donors (Lipinski definition) is 1. The molecule has 1 aromatic heterocycles. The Balaban J connectivity index is 1.70. The number of nitrogens with zero attached hydrogens (tertiary/aromatic N) is 1. The third kappa shape index (κ3) is 4.76. The van der Waals surface area contributed by atoms with Crippen molar-refractivity contribution >= 4 is 67.5 Å². The number of oxazole rings is 1. The van der Waals surface area contributed by atoms with Crippen molar-refractivity contribution in [2.24, 2.45) is 0 Å². The summed E-state index contributed by atoms with van der Waals surface area (Å²) in [7, 11) is -3.32. The fourth-order valence-corrected chi connectivity index (χ4v) is 4.09. The molecule has 0 fully saturated rings. The molecule has 0 saturated heterocycles. The average Bonchev–Trinajstić information content (AvgIpc) is 3.05. The van der Waals surface area contributed by atoms with Gasteiger partial charge in [0.05, 0.1) is 27.1 Å². The van der Waals surface area contributed by atoms with E-state index in [0.29, 0.717) is 26.8 Å². The van der Waals surface area contributed by atoms with Crippen LogP contribution in [-0.4, -0.2) is 30.8 Å². The molecular weight excluding hydrogens is 431 g/mol. The number of fused-ring (bicyclic) bond motifs is 1. The Hall–Kier alpha value is -1.74. The van der Waals surface area contributed by atoms with Gasteiger partial charge in [-0.05, 0) is 36.4 Å². The first-order chi connectivity index (χ1) is 12.8. The van der Waals surface area contributed by atoms with E-state index in [-0.39, 0.29) is 27.5 Å². The zero-order valence-electron chi connectivity index (χ0n) is 14.0. The summed E-state index contributed by atoms with van der Waals surface area (Å²) in [5, 5.41) is 3.77. The largest absolute Gasteiger partial charge is 0.431 e. The van der Waals surface area contributed by atoms with E-state index < -0.39 is 9.84 Å². The maximum absolute atomic E-state index is 12.1. The number of sulfone groups is 1. The fraction of sp³-hybridized carbons (Fsp3) is 0.176. The van der Waals surface area contributed by atoms with Crippen LogP contribution >= 0.6 is 35.0 Å². The molecule has 1 heterocycles. The number of hydrogen-bond acceptors (Lipinski definition) is 6. The molecule has 0 unspecified atom stereocenters. The second-order valence-electron chi connectivity index (χ2n) is 5.47. The molecule has 3 rings (SSSR count). The molecule has 0 bridgehead atoms. The van der Waals surface area contributed by atoms with E-state index in [2.05, 4.69) is 10.3 Å². The van der Waals surface area contributed by atoms with Gasteiger partial charge in [0.2, 0.25) is 5.91 Å². The molecule has 0 aliphatic heterocycles. The van der Waals surface area contributed by atoms with Gasteiger partial charge >= 0.3 is 0 Å². The van der Waals surface area contributed by atoms with E-state index in [1.807, 2.05) is 0 Å². The average molecular weight is 445 g/mol. The minimum absolute atomic E-state index is 0.00417. The molecule has 142 valence electrons. The SMILES string of the molecule is CCS(=O)(=O)c1ccc2oc(SCC(=O)Nc3cc(Cl)ccc3Cl)nc2c1. The molecule has 0 aliphatic rings. The topological polar surface area (TPSA) is 89.3 Å². The molecule has 2 aromatic carbocycles. The summed E-state index contributed by atoms with van der Waals surface area (Å²) in [6.07, 6.45) is 0. The van der Waals surface area contributed by atoms with Gasteiger partial charge in [0.15, 0.2) is 15.4 Å². The zero-order valence-corrected chi connectivity index (χ0v) is 17.2. The van der Waals surface area contributed by atoms with Crippen molar-refractivity contribution in [3.8, 4) is 0 Å². The van der Waals surface area contributed by atoms with Crippen LogP contribution in [0.5, 0.6) is 0 Å². The van der Waals surface area contributed by atoms with Crippen molar-refractivity contribution in [1.29, 1.82) is 0 Å². The Kier molecular flexibility index (Phi) is 6.00. The Bertz CT molecular complexity index is 1110. The lowest BCUT2D eigenvalue weighted by Crippen LogP contribution is -2.14. The fourth-order valence-electron chi connectivity index (χ4n) is 2.21. The summed E-state index contributed by atoms with van der Waals surface area (Å²) in [5.41, 5.74) is 1.29. The van der Waals surface area contributed by atoms with Crippen LogP contribution < -0.4 is 5.32 Å². The van der Waals surface area contributed by atoms with E-state index in [4.69, 9.17) is 27.6 Å². The van der Waals surface area contributed by atoms with E-state index in [1.165, 1.54) is 12.1 Å². The van der Waals surface area contributed by atoms with Crippen LogP contribution in [0, 0.1) is 0 Å². The lowest BCUT2D eigenvalue weighted by atomic mass is 10.3. The molecule has 0 atom stereocenters. The number of thioether (sulfide) groups is 1. The first-order valence-electron chi connectivity index (χ1n) is 7.79. The van der Waals surface area contributed by atoms with Gasteiger partial charge in [0, 0.05) is 5.02 Å². The van der Waals surface area contributed by atoms with Crippen molar-refractivity contribution in [2.45, 2.75) is 17.0 Å². The van der Waals surface area contributed by atoms with E-state index in [1.54, 1.807) is 31.2 Å². The van der Waals surface area contributed by atoms with Gasteiger partial charge in [-0.25, -0.2) is 13.4 Å². The third-order valence-electron chi connectivity index (χ3n) is 3.61. The first kappa shape index (κ1) is 20.0. The predicted molar refractivity (Wildman–Crippen MR) is 108 cm³/mol. The van der Waals surface area contributed by atoms with E-state index in [0.717, 1.165) is 11.8 Å². The van der Waals surface area contributed by atoms with Crippen LogP contribution in [0.4, 0.5) is 5.69 Å². The van der Waals surface area contributed by atoms with Crippen molar-refractivity contribution in [1.82, 2.24) is 4.98 Å². The molecule has 3 aromatic rings. The second kappa shape index (κ2) is 8.10. The molecular formula is C17H14Cl2N2O4S2. The number of amides is 1. The molecule has 0 spiro atoms. The molecule has 1 N–H and O–H groups in total. The normalized spacial score (nSPS) is 11.7. The number of nitrogens with one attached hydrogen (secondary N) is 1. The number of carbonyl (C=O) groups excluding carboxylic acids is 1. The van der Waals surface area contributed by atoms with Crippen LogP contribution in [0.25, 0.3) is 11.1 Å². The Morgan fingerprint density at radius 3 is 2.74 bits per heavy atom. The highest BCUT2D eigenvalue weighted by Gasteiger charge is 2.15. The lowest BCUT2D eigenvalue weighted by molar-refractivity contribution is -0.113. The first-order valence-corrected chi connectivity index (χ1v) is 11.2. The summed E-state index contributed by atoms with van der Waals surface area (Å²) in [6.45, 7) is 1.58. The summed E-state index contributed by atoms with van der Waals surface area (Å²) in [5.74, 6) is -0.263. The number of benzene rings is 2. The van der Waals surface area contributed by atoms with Gasteiger partial charge in [0.25, 0.3) is 5.22 Å². The van der Waals surface area contributed by atoms with Gasteiger partial charge in [-0.2, -0.15) is 0 Å². The summed E-state index contributed by atoms with van der Waals surface area (Å²) in [4.78, 5) is 16.5. The van der Waals surface area contributed by atoms with Crippen LogP contribution in [-0.2, 0) is 14.6 Å². The highest BCUT2D eigenvalue weighted by Crippen LogP contribution is 2.28. The quantitative estimate of drug-likeness (QED) is 0.556. The molecule has 6 nitrogen and oxygen atoms in total. The summed E-state index contributed by atoms with van der Waals surface area (Å²) < 4.78 is 29.5. The maximum atomic E-state index is 12.1. The van der Waals surface area contributed by atoms with Gasteiger partial charge < -0.3 is 9.73 Å². The molecule has 10 heteroatoms. The molecule has 1 amide bonds. The van der Waals surface area contributed by atoms with Crippen LogP contribution in [0.1, 0.15) is 6.92 Å². The minimum atomic E-state index is -3.32. The van der Waals surface area contributed by atoms with Crippen LogP contribution in [0.3, 0.4) is 0 Å². The number of aromatic nitrogens is 1. The molecule has 0 aliphatic carbocycles. The zero-order chi connectivity index (χ0) is 19.6.